The number of aromatic nitrogens is 1. The van der Waals surface area contributed by atoms with Crippen LogP contribution >= 0.6 is 0 Å². The maximum atomic E-state index is 12.8. The van der Waals surface area contributed by atoms with Crippen LogP contribution in [0.4, 0.5) is 0 Å². The Bertz CT molecular complexity index is 726. The molecule has 0 unspecified atom stereocenters. The molecule has 1 saturated heterocycles. The number of benzene rings is 1. The van der Waals surface area contributed by atoms with Gasteiger partial charge in [-0.2, -0.15) is 0 Å². The number of amides is 1. The largest absolute Gasteiger partial charge is 0.497 e. The molecule has 3 rings (SSSR count). The van der Waals surface area contributed by atoms with Crippen LogP contribution in [-0.2, 0) is 6.42 Å². The van der Waals surface area contributed by atoms with Gasteiger partial charge in [0.1, 0.15) is 17.3 Å². The average Bonchev–Trinajstić information content (AvgIpc) is 3.29. The molecule has 0 spiro atoms. The summed E-state index contributed by atoms with van der Waals surface area (Å²) in [5.41, 5.74) is 1.36. The van der Waals surface area contributed by atoms with Crippen LogP contribution in [0, 0.1) is 0 Å². The smallest absolute Gasteiger partial charge is 0.276 e. The highest BCUT2D eigenvalue weighted by atomic mass is 16.5. The first-order valence-electron chi connectivity index (χ1n) is 8.16. The van der Waals surface area contributed by atoms with Gasteiger partial charge >= 0.3 is 0 Å². The molecule has 1 aromatic carbocycles. The summed E-state index contributed by atoms with van der Waals surface area (Å²) in [5, 5.41) is 3.91. The predicted octanol–water partition coefficient (Wildman–Crippen LogP) is 3.23. The summed E-state index contributed by atoms with van der Waals surface area (Å²) < 4.78 is 15.9. The molecule has 1 aliphatic heterocycles. The van der Waals surface area contributed by atoms with Crippen molar-refractivity contribution in [3.05, 3.63) is 41.3 Å². The molecule has 1 aromatic heterocycles. The highest BCUT2D eigenvalue weighted by Gasteiger charge is 2.33. The van der Waals surface area contributed by atoms with Crippen LogP contribution in [0.5, 0.6) is 11.5 Å². The van der Waals surface area contributed by atoms with E-state index in [0.717, 1.165) is 42.1 Å². The van der Waals surface area contributed by atoms with Crippen LogP contribution in [0.2, 0.25) is 0 Å². The molecule has 0 aliphatic carbocycles. The fourth-order valence-corrected chi connectivity index (χ4v) is 3.15. The van der Waals surface area contributed by atoms with Gasteiger partial charge in [0.2, 0.25) is 0 Å². The molecule has 128 valence electrons. The van der Waals surface area contributed by atoms with Crippen molar-refractivity contribution < 1.29 is 18.8 Å². The Morgan fingerprint density at radius 1 is 1.33 bits per heavy atom. The third-order valence-electron chi connectivity index (χ3n) is 4.44. The van der Waals surface area contributed by atoms with E-state index in [2.05, 4.69) is 5.16 Å². The van der Waals surface area contributed by atoms with E-state index < -0.39 is 0 Å². The quantitative estimate of drug-likeness (QED) is 0.842. The number of likely N-dealkylation sites (tertiary alicyclic amines) is 1. The Hall–Kier alpha value is -2.50. The van der Waals surface area contributed by atoms with Gasteiger partial charge in [0.05, 0.1) is 20.3 Å². The third-order valence-corrected chi connectivity index (χ3v) is 4.44. The zero-order chi connectivity index (χ0) is 17.1. The van der Waals surface area contributed by atoms with Gasteiger partial charge in [-0.05, 0) is 25.0 Å². The second kappa shape index (κ2) is 6.95. The molecule has 6 heteroatoms. The summed E-state index contributed by atoms with van der Waals surface area (Å²) in [4.78, 5) is 14.7. The van der Waals surface area contributed by atoms with Crippen molar-refractivity contribution in [1.29, 1.82) is 0 Å². The van der Waals surface area contributed by atoms with Crippen LogP contribution < -0.4 is 9.47 Å². The van der Waals surface area contributed by atoms with Gasteiger partial charge in [-0.15, -0.1) is 0 Å². The summed E-state index contributed by atoms with van der Waals surface area (Å²) in [6.45, 7) is 2.67. The van der Waals surface area contributed by atoms with Crippen LogP contribution in [0.1, 0.15) is 47.6 Å². The molecular formula is C18H22N2O4. The normalized spacial score (nSPS) is 17.1. The first-order valence-corrected chi connectivity index (χ1v) is 8.16. The lowest BCUT2D eigenvalue weighted by atomic mass is 10.0. The van der Waals surface area contributed by atoms with Gasteiger partial charge in [-0.25, -0.2) is 0 Å². The minimum atomic E-state index is -0.0983. The van der Waals surface area contributed by atoms with Crippen molar-refractivity contribution in [3.63, 3.8) is 0 Å². The van der Waals surface area contributed by atoms with Gasteiger partial charge < -0.3 is 18.9 Å². The van der Waals surface area contributed by atoms with Gasteiger partial charge in [0.25, 0.3) is 5.91 Å². The Balaban J connectivity index is 1.89. The molecule has 2 aromatic rings. The lowest BCUT2D eigenvalue weighted by molar-refractivity contribution is 0.0723. The van der Waals surface area contributed by atoms with Crippen LogP contribution in [0.15, 0.2) is 28.8 Å². The highest BCUT2D eigenvalue weighted by Crippen LogP contribution is 2.39. The van der Waals surface area contributed by atoms with E-state index in [-0.39, 0.29) is 11.9 Å². The summed E-state index contributed by atoms with van der Waals surface area (Å²) in [5.74, 6) is 2.08. The Morgan fingerprint density at radius 2 is 2.17 bits per heavy atom. The van der Waals surface area contributed by atoms with Crippen molar-refractivity contribution in [2.45, 2.75) is 32.2 Å². The van der Waals surface area contributed by atoms with Gasteiger partial charge in [0, 0.05) is 30.7 Å². The van der Waals surface area contributed by atoms with E-state index >= 15 is 0 Å². The van der Waals surface area contributed by atoms with E-state index in [4.69, 9.17) is 14.0 Å². The van der Waals surface area contributed by atoms with E-state index in [1.165, 1.54) is 0 Å². The van der Waals surface area contributed by atoms with E-state index in [9.17, 15) is 4.79 Å². The zero-order valence-corrected chi connectivity index (χ0v) is 14.2. The number of rotatable bonds is 5. The third kappa shape index (κ3) is 2.96. The summed E-state index contributed by atoms with van der Waals surface area (Å²) in [6, 6.07) is 7.41. The Kier molecular flexibility index (Phi) is 4.74. The van der Waals surface area contributed by atoms with Gasteiger partial charge in [-0.1, -0.05) is 12.1 Å². The molecule has 2 heterocycles. The number of nitrogens with zero attached hydrogens (tertiary/aromatic N) is 2. The number of methoxy groups -OCH3 is 2. The molecule has 0 saturated carbocycles. The molecule has 0 radical (unpaired) electrons. The fourth-order valence-electron chi connectivity index (χ4n) is 3.15. The second-order valence-electron chi connectivity index (χ2n) is 5.80. The first-order chi connectivity index (χ1) is 11.7. The molecule has 1 aliphatic rings. The van der Waals surface area contributed by atoms with Gasteiger partial charge in [0.15, 0.2) is 5.69 Å². The SMILES string of the molecule is CCc1cc(C(=O)N2CCC[C@@H]2c2ccc(OC)cc2OC)no1. The number of aryl methyl sites for hydroxylation is 1. The molecule has 1 atom stereocenters. The monoisotopic (exact) mass is 330 g/mol. The molecule has 0 N–H and O–H groups in total. The maximum absolute atomic E-state index is 12.8. The number of ether oxygens (including phenoxy) is 2. The zero-order valence-electron chi connectivity index (χ0n) is 14.2. The van der Waals surface area contributed by atoms with E-state index in [1.54, 1.807) is 20.3 Å². The summed E-state index contributed by atoms with van der Waals surface area (Å²) >= 11 is 0. The molecule has 1 fully saturated rings. The number of carbonyl (C=O) groups is 1. The number of hydrogen-bond acceptors (Lipinski definition) is 5. The molecule has 6 nitrogen and oxygen atoms in total. The molecule has 0 bridgehead atoms. The highest BCUT2D eigenvalue weighted by molar-refractivity contribution is 5.92. The fraction of sp³-hybridized carbons (Fsp3) is 0.444. The Morgan fingerprint density at radius 3 is 2.83 bits per heavy atom. The van der Waals surface area contributed by atoms with Crippen molar-refractivity contribution in [2.24, 2.45) is 0 Å². The van der Waals surface area contributed by atoms with Crippen LogP contribution in [-0.4, -0.2) is 36.7 Å². The summed E-state index contributed by atoms with van der Waals surface area (Å²) in [7, 11) is 3.25. The number of hydrogen-bond donors (Lipinski definition) is 0. The van der Waals surface area contributed by atoms with Crippen LogP contribution in [0.3, 0.4) is 0 Å². The molecule has 1 amide bonds. The number of carbonyl (C=O) groups excluding carboxylic acids is 1. The second-order valence-corrected chi connectivity index (χ2v) is 5.80. The van der Waals surface area contributed by atoms with Gasteiger partial charge in [-0.3, -0.25) is 4.79 Å². The van der Waals surface area contributed by atoms with Crippen molar-refractivity contribution >= 4 is 5.91 Å². The molecule has 24 heavy (non-hydrogen) atoms. The standard InChI is InChI=1S/C18H22N2O4/c1-4-12-10-15(19-24-12)18(21)20-9-5-6-16(20)14-8-7-13(22-2)11-17(14)23-3/h7-8,10-11,16H,4-6,9H2,1-3H3/t16-/m1/s1. The average molecular weight is 330 g/mol. The Labute approximate surface area is 141 Å². The van der Waals surface area contributed by atoms with Crippen molar-refractivity contribution in [3.8, 4) is 11.5 Å². The topological polar surface area (TPSA) is 64.8 Å². The van der Waals surface area contributed by atoms with E-state index in [1.807, 2.05) is 30.0 Å². The van der Waals surface area contributed by atoms with Crippen molar-refractivity contribution in [2.75, 3.05) is 20.8 Å². The van der Waals surface area contributed by atoms with Crippen molar-refractivity contribution in [1.82, 2.24) is 10.1 Å². The first kappa shape index (κ1) is 16.4. The predicted molar refractivity (Wildman–Crippen MR) is 88.4 cm³/mol. The summed E-state index contributed by atoms with van der Waals surface area (Å²) in [6.07, 6.45) is 2.56. The maximum Gasteiger partial charge on any atom is 0.276 e. The minimum absolute atomic E-state index is 0.0277. The van der Waals surface area contributed by atoms with Crippen LogP contribution in [0.25, 0.3) is 0 Å². The molecular weight excluding hydrogens is 308 g/mol. The lowest BCUT2D eigenvalue weighted by Crippen LogP contribution is -2.31. The minimum Gasteiger partial charge on any atom is -0.497 e. The van der Waals surface area contributed by atoms with E-state index in [0.29, 0.717) is 12.2 Å². The lowest BCUT2D eigenvalue weighted by Gasteiger charge is -2.25.